The number of hydrogen-bond donors (Lipinski definition) is 0. The smallest absolute Gasteiger partial charge is 0.293 e. The second-order valence-electron chi connectivity index (χ2n) is 6.70. The van der Waals surface area contributed by atoms with Crippen LogP contribution in [0.15, 0.2) is 29.2 Å². The lowest BCUT2D eigenvalue weighted by atomic mass is 10.2. The van der Waals surface area contributed by atoms with Gasteiger partial charge in [0.2, 0.25) is 5.91 Å². The summed E-state index contributed by atoms with van der Waals surface area (Å²) in [6.07, 6.45) is 1.82. The summed E-state index contributed by atoms with van der Waals surface area (Å²) in [4.78, 5) is 39.5. The summed E-state index contributed by atoms with van der Waals surface area (Å²) >= 11 is 0.767. The average molecular weight is 426 g/mol. The van der Waals surface area contributed by atoms with Crippen LogP contribution in [0.2, 0.25) is 0 Å². The van der Waals surface area contributed by atoms with Gasteiger partial charge in [-0.05, 0) is 42.0 Å². The molecule has 2 heterocycles. The molecular formula is C18H19FN2O5S2. The zero-order valence-corrected chi connectivity index (χ0v) is 16.8. The Labute approximate surface area is 166 Å². The lowest BCUT2D eigenvalue weighted by molar-refractivity contribution is -0.132. The summed E-state index contributed by atoms with van der Waals surface area (Å²) in [6.45, 7) is -0.0753. The number of benzene rings is 1. The lowest BCUT2D eigenvalue weighted by Crippen LogP contribution is -2.40. The van der Waals surface area contributed by atoms with E-state index in [4.69, 9.17) is 0 Å². The summed E-state index contributed by atoms with van der Waals surface area (Å²) in [6, 6.07) is 5.14. The van der Waals surface area contributed by atoms with Gasteiger partial charge in [-0.15, -0.1) is 0 Å². The van der Waals surface area contributed by atoms with Crippen LogP contribution in [-0.4, -0.2) is 66.4 Å². The fourth-order valence-corrected chi connectivity index (χ4v) is 5.71. The Hall–Kier alpha value is -2.20. The quantitative estimate of drug-likeness (QED) is 0.668. The van der Waals surface area contributed by atoms with E-state index in [2.05, 4.69) is 0 Å². The van der Waals surface area contributed by atoms with Gasteiger partial charge in [-0.1, -0.05) is 12.1 Å². The monoisotopic (exact) mass is 426 g/mol. The van der Waals surface area contributed by atoms with Crippen molar-refractivity contribution in [1.29, 1.82) is 0 Å². The van der Waals surface area contributed by atoms with Gasteiger partial charge in [-0.3, -0.25) is 19.3 Å². The topological polar surface area (TPSA) is 91.8 Å². The summed E-state index contributed by atoms with van der Waals surface area (Å²) in [5, 5.41) is -0.475. The summed E-state index contributed by atoms with van der Waals surface area (Å²) in [7, 11) is -1.57. The summed E-state index contributed by atoms with van der Waals surface area (Å²) < 4.78 is 36.1. The van der Waals surface area contributed by atoms with E-state index in [9.17, 15) is 27.2 Å². The molecule has 0 spiro atoms. The molecule has 10 heteroatoms. The Morgan fingerprint density at radius 1 is 1.32 bits per heavy atom. The van der Waals surface area contributed by atoms with Gasteiger partial charge in [-0.25, -0.2) is 12.8 Å². The highest BCUT2D eigenvalue weighted by Gasteiger charge is 2.36. The van der Waals surface area contributed by atoms with Crippen LogP contribution in [0.1, 0.15) is 18.4 Å². The van der Waals surface area contributed by atoms with Crippen LogP contribution in [0.4, 0.5) is 9.18 Å². The van der Waals surface area contributed by atoms with E-state index in [0.717, 1.165) is 16.7 Å². The molecule has 0 N–H and O–H groups in total. The fourth-order valence-electron chi connectivity index (χ4n) is 3.07. The first kappa shape index (κ1) is 20.5. The van der Waals surface area contributed by atoms with Crippen LogP contribution in [0.3, 0.4) is 0 Å². The van der Waals surface area contributed by atoms with E-state index in [-0.39, 0.29) is 41.3 Å². The van der Waals surface area contributed by atoms with Crippen LogP contribution in [0, 0.1) is 5.82 Å². The Bertz CT molecular complexity index is 943. The first-order valence-electron chi connectivity index (χ1n) is 8.63. The molecule has 0 bridgehead atoms. The minimum absolute atomic E-state index is 0.0583. The van der Waals surface area contributed by atoms with Crippen molar-refractivity contribution in [2.24, 2.45) is 0 Å². The number of carbonyl (C=O) groups excluding carboxylic acids is 3. The first-order chi connectivity index (χ1) is 13.2. The number of thioether (sulfide) groups is 1. The van der Waals surface area contributed by atoms with Crippen molar-refractivity contribution in [3.05, 3.63) is 40.6 Å². The Kier molecular flexibility index (Phi) is 5.90. The van der Waals surface area contributed by atoms with E-state index in [0.29, 0.717) is 12.0 Å². The van der Waals surface area contributed by atoms with Gasteiger partial charge < -0.3 is 4.90 Å². The molecule has 2 aliphatic heterocycles. The normalized spacial score (nSPS) is 22.9. The molecule has 0 radical (unpaired) electrons. The second-order valence-corrected chi connectivity index (χ2v) is 9.92. The number of hydrogen-bond acceptors (Lipinski definition) is 6. The summed E-state index contributed by atoms with van der Waals surface area (Å²) in [5.41, 5.74) is 0.588. The average Bonchev–Trinajstić information content (AvgIpc) is 3.13. The van der Waals surface area contributed by atoms with Crippen molar-refractivity contribution in [1.82, 2.24) is 9.80 Å². The molecule has 0 aromatic heterocycles. The van der Waals surface area contributed by atoms with E-state index < -0.39 is 26.8 Å². The molecule has 150 valence electrons. The molecule has 2 fully saturated rings. The zero-order valence-electron chi connectivity index (χ0n) is 15.1. The number of nitrogens with zero attached hydrogens (tertiary/aromatic N) is 2. The van der Waals surface area contributed by atoms with Gasteiger partial charge in [0.1, 0.15) is 5.82 Å². The standard InChI is InChI=1S/C18H19FN2O5S2/c1-20(14-7-9-28(25,26)11-14)16(22)6-8-21-17(23)15(27-18(21)24)10-12-2-4-13(19)5-3-12/h2-5,10,14H,6-9,11H2,1H3/b15-10-/t14-/m0/s1. The van der Waals surface area contributed by atoms with E-state index in [1.165, 1.54) is 42.3 Å². The van der Waals surface area contributed by atoms with Crippen LogP contribution in [0.5, 0.6) is 0 Å². The van der Waals surface area contributed by atoms with E-state index >= 15 is 0 Å². The van der Waals surface area contributed by atoms with Crippen molar-refractivity contribution < 1.29 is 27.2 Å². The minimum atomic E-state index is -3.11. The molecule has 0 saturated carbocycles. The Morgan fingerprint density at radius 2 is 2.00 bits per heavy atom. The third-order valence-electron chi connectivity index (χ3n) is 4.74. The van der Waals surface area contributed by atoms with E-state index in [1.807, 2.05) is 0 Å². The van der Waals surface area contributed by atoms with Crippen LogP contribution >= 0.6 is 11.8 Å². The molecule has 3 amide bonds. The molecule has 1 atom stereocenters. The molecule has 2 aliphatic rings. The van der Waals surface area contributed by atoms with Crippen molar-refractivity contribution in [2.75, 3.05) is 25.1 Å². The molecule has 1 aromatic rings. The predicted octanol–water partition coefficient (Wildman–Crippen LogP) is 1.90. The van der Waals surface area contributed by atoms with Gasteiger partial charge in [0.25, 0.3) is 11.1 Å². The van der Waals surface area contributed by atoms with Gasteiger partial charge in [0.15, 0.2) is 9.84 Å². The van der Waals surface area contributed by atoms with E-state index in [1.54, 1.807) is 0 Å². The largest absolute Gasteiger partial charge is 0.342 e. The highest BCUT2D eigenvalue weighted by Crippen LogP contribution is 2.32. The van der Waals surface area contributed by atoms with Crippen LogP contribution < -0.4 is 0 Å². The third kappa shape index (κ3) is 4.61. The maximum absolute atomic E-state index is 13.0. The van der Waals surface area contributed by atoms with Crippen molar-refractivity contribution in [2.45, 2.75) is 18.9 Å². The van der Waals surface area contributed by atoms with Crippen LogP contribution in [0.25, 0.3) is 6.08 Å². The second kappa shape index (κ2) is 8.04. The zero-order chi connectivity index (χ0) is 20.5. The number of halogens is 1. The summed E-state index contributed by atoms with van der Waals surface area (Å²) in [5.74, 6) is -1.21. The first-order valence-corrected chi connectivity index (χ1v) is 11.3. The predicted molar refractivity (Wildman–Crippen MR) is 104 cm³/mol. The van der Waals surface area contributed by atoms with Gasteiger partial charge in [0, 0.05) is 26.1 Å². The highest BCUT2D eigenvalue weighted by molar-refractivity contribution is 8.18. The minimum Gasteiger partial charge on any atom is -0.342 e. The fraction of sp³-hybridized carbons (Fsp3) is 0.389. The van der Waals surface area contributed by atoms with Crippen LogP contribution in [-0.2, 0) is 19.4 Å². The maximum atomic E-state index is 13.0. The van der Waals surface area contributed by atoms with Gasteiger partial charge in [0.05, 0.1) is 16.4 Å². The molecule has 0 aliphatic carbocycles. The molecular weight excluding hydrogens is 407 g/mol. The molecule has 7 nitrogen and oxygen atoms in total. The number of carbonyl (C=O) groups is 3. The molecule has 3 rings (SSSR count). The van der Waals surface area contributed by atoms with Crippen molar-refractivity contribution in [3.8, 4) is 0 Å². The molecule has 0 unspecified atom stereocenters. The molecule has 28 heavy (non-hydrogen) atoms. The Morgan fingerprint density at radius 3 is 2.61 bits per heavy atom. The number of amides is 3. The SMILES string of the molecule is CN(C(=O)CCN1C(=O)S/C(=C\c2ccc(F)cc2)C1=O)[C@H]1CCS(=O)(=O)C1. The molecule has 1 aromatic carbocycles. The maximum Gasteiger partial charge on any atom is 0.293 e. The van der Waals surface area contributed by atoms with Gasteiger partial charge in [-0.2, -0.15) is 0 Å². The van der Waals surface area contributed by atoms with Crippen molar-refractivity contribution in [3.63, 3.8) is 0 Å². The highest BCUT2D eigenvalue weighted by atomic mass is 32.2. The lowest BCUT2D eigenvalue weighted by Gasteiger charge is -2.24. The molecule has 2 saturated heterocycles. The Balaban J connectivity index is 1.60. The third-order valence-corrected chi connectivity index (χ3v) is 7.40. The van der Waals surface area contributed by atoms with Crippen molar-refractivity contribution >= 4 is 44.7 Å². The number of rotatable bonds is 5. The number of sulfone groups is 1. The van der Waals surface area contributed by atoms with Gasteiger partial charge >= 0.3 is 0 Å². The number of imide groups is 1.